The van der Waals surface area contributed by atoms with Crippen molar-refractivity contribution >= 4 is 22.4 Å². The fourth-order valence-corrected chi connectivity index (χ4v) is 5.05. The zero-order valence-corrected chi connectivity index (χ0v) is 16.1. The minimum Gasteiger partial charge on any atom is -0.361 e. The van der Waals surface area contributed by atoms with Crippen LogP contribution in [0.2, 0.25) is 0 Å². The fraction of sp³-hybridized carbons (Fsp3) is 0.522. The molecule has 2 aliphatic carbocycles. The standard InChI is InChI=1S/C23H30N2O/c1-4-17(5-2)25-22(26)11-15-9-14(3)19-12-16-13-24-21-8-6-7-18(23(16)21)20(19)10-15/h6-8,10,13-15,17,19,24H,4-5,9,11-12H2,1-3H3,(H,25,26)/t14?,15-,19-/m0/s1. The molecule has 1 amide bonds. The Kier molecular flexibility index (Phi) is 4.64. The summed E-state index contributed by atoms with van der Waals surface area (Å²) in [6, 6.07) is 6.89. The Morgan fingerprint density at radius 3 is 2.88 bits per heavy atom. The number of amides is 1. The minimum absolute atomic E-state index is 0.211. The number of fused-ring (bicyclic) bond motifs is 2. The van der Waals surface area contributed by atoms with E-state index in [0.717, 1.165) is 25.7 Å². The van der Waals surface area contributed by atoms with Crippen molar-refractivity contribution in [3.8, 4) is 0 Å². The molecule has 26 heavy (non-hydrogen) atoms. The zero-order valence-electron chi connectivity index (χ0n) is 16.1. The molecule has 2 aromatic rings. The molecule has 3 nitrogen and oxygen atoms in total. The van der Waals surface area contributed by atoms with Crippen molar-refractivity contribution < 1.29 is 4.79 Å². The third-order valence-electron chi connectivity index (χ3n) is 6.51. The molecular weight excluding hydrogens is 320 g/mol. The molecule has 0 saturated heterocycles. The maximum absolute atomic E-state index is 12.5. The second-order valence-corrected chi connectivity index (χ2v) is 8.23. The summed E-state index contributed by atoms with van der Waals surface area (Å²) in [7, 11) is 0. The van der Waals surface area contributed by atoms with Gasteiger partial charge in [0.15, 0.2) is 0 Å². The van der Waals surface area contributed by atoms with E-state index in [1.807, 2.05) is 0 Å². The number of rotatable bonds is 5. The molecule has 138 valence electrons. The van der Waals surface area contributed by atoms with Gasteiger partial charge in [-0.2, -0.15) is 0 Å². The van der Waals surface area contributed by atoms with E-state index < -0.39 is 0 Å². The molecule has 1 unspecified atom stereocenters. The first kappa shape index (κ1) is 17.4. The summed E-state index contributed by atoms with van der Waals surface area (Å²) in [5.41, 5.74) is 5.54. The van der Waals surface area contributed by atoms with Crippen LogP contribution in [0.5, 0.6) is 0 Å². The fourth-order valence-electron chi connectivity index (χ4n) is 5.05. The van der Waals surface area contributed by atoms with Crippen LogP contribution in [0.3, 0.4) is 0 Å². The van der Waals surface area contributed by atoms with Crippen molar-refractivity contribution in [1.82, 2.24) is 10.3 Å². The smallest absolute Gasteiger partial charge is 0.220 e. The first-order valence-electron chi connectivity index (χ1n) is 10.2. The van der Waals surface area contributed by atoms with Gasteiger partial charge >= 0.3 is 0 Å². The lowest BCUT2D eigenvalue weighted by atomic mass is 9.67. The van der Waals surface area contributed by atoms with Gasteiger partial charge in [0, 0.05) is 29.6 Å². The molecule has 3 atom stereocenters. The molecule has 1 aromatic carbocycles. The third-order valence-corrected chi connectivity index (χ3v) is 6.51. The largest absolute Gasteiger partial charge is 0.361 e. The lowest BCUT2D eigenvalue weighted by Crippen LogP contribution is -2.36. The minimum atomic E-state index is 0.211. The summed E-state index contributed by atoms with van der Waals surface area (Å²) in [6.07, 6.45) is 9.47. The molecule has 2 N–H and O–H groups in total. The number of benzene rings is 1. The van der Waals surface area contributed by atoms with Gasteiger partial charge in [-0.3, -0.25) is 4.79 Å². The van der Waals surface area contributed by atoms with Gasteiger partial charge in [-0.05, 0) is 66.2 Å². The van der Waals surface area contributed by atoms with Crippen LogP contribution in [-0.2, 0) is 11.2 Å². The predicted octanol–water partition coefficient (Wildman–Crippen LogP) is 5.07. The highest BCUT2D eigenvalue weighted by Crippen LogP contribution is 2.47. The lowest BCUT2D eigenvalue weighted by molar-refractivity contribution is -0.122. The van der Waals surface area contributed by atoms with Crippen molar-refractivity contribution in [2.75, 3.05) is 0 Å². The average molecular weight is 351 g/mol. The highest BCUT2D eigenvalue weighted by Gasteiger charge is 2.35. The molecule has 4 rings (SSSR count). The lowest BCUT2D eigenvalue weighted by Gasteiger charge is -2.37. The van der Waals surface area contributed by atoms with E-state index in [9.17, 15) is 4.79 Å². The highest BCUT2D eigenvalue weighted by atomic mass is 16.1. The van der Waals surface area contributed by atoms with Gasteiger partial charge in [-0.15, -0.1) is 0 Å². The average Bonchev–Trinajstić information content (AvgIpc) is 3.05. The molecule has 0 saturated carbocycles. The number of hydrogen-bond donors (Lipinski definition) is 2. The van der Waals surface area contributed by atoms with Gasteiger partial charge in [0.1, 0.15) is 0 Å². The molecule has 3 heteroatoms. The Hall–Kier alpha value is -2.03. The molecule has 0 radical (unpaired) electrons. The van der Waals surface area contributed by atoms with E-state index in [-0.39, 0.29) is 5.91 Å². The first-order chi connectivity index (χ1) is 12.6. The van der Waals surface area contributed by atoms with E-state index in [4.69, 9.17) is 0 Å². The second kappa shape index (κ2) is 6.94. The van der Waals surface area contributed by atoms with Gasteiger partial charge in [0.05, 0.1) is 0 Å². The quantitative estimate of drug-likeness (QED) is 0.776. The SMILES string of the molecule is CCC(CC)NC(=O)C[C@@H]1C=C2c3cccc4[nH]cc(c34)C[C@H]2C(C)C1. The van der Waals surface area contributed by atoms with E-state index in [1.165, 1.54) is 27.6 Å². The monoisotopic (exact) mass is 350 g/mol. The Labute approximate surface area is 156 Å². The number of allylic oxidation sites excluding steroid dienone is 2. The van der Waals surface area contributed by atoms with Gasteiger partial charge in [-0.1, -0.05) is 39.0 Å². The summed E-state index contributed by atoms with van der Waals surface area (Å²) >= 11 is 0. The maximum atomic E-state index is 12.5. The Balaban J connectivity index is 1.61. The van der Waals surface area contributed by atoms with Crippen LogP contribution in [0.4, 0.5) is 0 Å². The predicted molar refractivity (Wildman–Crippen MR) is 108 cm³/mol. The molecular formula is C23H30N2O. The maximum Gasteiger partial charge on any atom is 0.220 e. The van der Waals surface area contributed by atoms with Crippen molar-refractivity contribution in [2.45, 2.75) is 58.9 Å². The van der Waals surface area contributed by atoms with E-state index >= 15 is 0 Å². The van der Waals surface area contributed by atoms with Crippen LogP contribution in [-0.4, -0.2) is 16.9 Å². The molecule has 0 fully saturated rings. The van der Waals surface area contributed by atoms with Gasteiger partial charge < -0.3 is 10.3 Å². The number of nitrogens with one attached hydrogen (secondary N) is 2. The van der Waals surface area contributed by atoms with Crippen LogP contribution in [0, 0.1) is 17.8 Å². The number of carbonyl (C=O) groups is 1. The van der Waals surface area contributed by atoms with Crippen molar-refractivity contribution in [3.05, 3.63) is 41.6 Å². The van der Waals surface area contributed by atoms with Crippen LogP contribution in [0.1, 0.15) is 57.6 Å². The molecule has 0 bridgehead atoms. The number of aromatic nitrogens is 1. The highest BCUT2D eigenvalue weighted by molar-refractivity contribution is 5.97. The van der Waals surface area contributed by atoms with Gasteiger partial charge in [0.2, 0.25) is 5.91 Å². The summed E-state index contributed by atoms with van der Waals surface area (Å²) in [5.74, 6) is 1.76. The van der Waals surface area contributed by atoms with Gasteiger partial charge in [0.25, 0.3) is 0 Å². The first-order valence-corrected chi connectivity index (χ1v) is 10.2. The number of H-pyrrole nitrogens is 1. The van der Waals surface area contributed by atoms with Crippen molar-refractivity contribution in [1.29, 1.82) is 0 Å². The summed E-state index contributed by atoms with van der Waals surface area (Å²) in [6.45, 7) is 6.64. The summed E-state index contributed by atoms with van der Waals surface area (Å²) in [4.78, 5) is 15.9. The number of aromatic amines is 1. The topological polar surface area (TPSA) is 44.9 Å². The molecule has 1 aromatic heterocycles. The zero-order chi connectivity index (χ0) is 18.3. The van der Waals surface area contributed by atoms with E-state index in [1.54, 1.807) is 0 Å². The normalized spacial score (nSPS) is 24.5. The van der Waals surface area contributed by atoms with Crippen LogP contribution in [0.15, 0.2) is 30.5 Å². The number of carbonyl (C=O) groups excluding carboxylic acids is 1. The molecule has 1 heterocycles. The Bertz CT molecular complexity index is 843. The van der Waals surface area contributed by atoms with Gasteiger partial charge in [-0.25, -0.2) is 0 Å². The molecule has 0 spiro atoms. The van der Waals surface area contributed by atoms with Crippen LogP contribution < -0.4 is 5.32 Å². The molecule has 2 aliphatic rings. The Morgan fingerprint density at radius 2 is 2.12 bits per heavy atom. The summed E-state index contributed by atoms with van der Waals surface area (Å²) in [5, 5.41) is 4.60. The summed E-state index contributed by atoms with van der Waals surface area (Å²) < 4.78 is 0. The van der Waals surface area contributed by atoms with E-state index in [2.05, 4.69) is 61.5 Å². The van der Waals surface area contributed by atoms with Crippen LogP contribution >= 0.6 is 0 Å². The second-order valence-electron chi connectivity index (χ2n) is 8.23. The Morgan fingerprint density at radius 1 is 1.31 bits per heavy atom. The molecule has 0 aliphatic heterocycles. The van der Waals surface area contributed by atoms with E-state index in [0.29, 0.717) is 30.2 Å². The van der Waals surface area contributed by atoms with Crippen molar-refractivity contribution in [2.24, 2.45) is 17.8 Å². The number of hydrogen-bond acceptors (Lipinski definition) is 1. The third kappa shape index (κ3) is 2.98. The van der Waals surface area contributed by atoms with Crippen LogP contribution in [0.25, 0.3) is 16.5 Å². The van der Waals surface area contributed by atoms with Crippen molar-refractivity contribution in [3.63, 3.8) is 0 Å².